The molecule has 0 amide bonds. The summed E-state index contributed by atoms with van der Waals surface area (Å²) < 4.78 is 21.1. The Labute approximate surface area is 138 Å². The number of fused-ring (bicyclic) bond motifs is 2. The number of hydrogen-bond donors (Lipinski definition) is 0. The first kappa shape index (κ1) is 14.4. The molecule has 2 aliphatic rings. The van der Waals surface area contributed by atoms with Crippen molar-refractivity contribution in [3.8, 4) is 23.0 Å². The van der Waals surface area contributed by atoms with E-state index in [1.165, 1.54) is 12.2 Å². The first-order chi connectivity index (χ1) is 11.8. The maximum atomic E-state index is 12.0. The lowest BCUT2D eigenvalue weighted by atomic mass is 10.1. The van der Waals surface area contributed by atoms with E-state index in [9.17, 15) is 4.79 Å². The van der Waals surface area contributed by atoms with Crippen molar-refractivity contribution < 1.29 is 23.7 Å². The largest absolute Gasteiger partial charge is 0.454 e. The van der Waals surface area contributed by atoms with Crippen LogP contribution in [0.4, 0.5) is 0 Å². The van der Waals surface area contributed by atoms with Gasteiger partial charge in [-0.25, -0.2) is 0 Å². The van der Waals surface area contributed by atoms with Gasteiger partial charge in [-0.1, -0.05) is 24.3 Å². The number of carbonyl (C=O) groups excluding carboxylic acids is 1. The quantitative estimate of drug-likeness (QED) is 0.807. The Bertz CT molecular complexity index is 781. The van der Waals surface area contributed by atoms with Crippen molar-refractivity contribution >= 4 is 17.9 Å². The van der Waals surface area contributed by atoms with Crippen LogP contribution in [0.5, 0.6) is 23.0 Å². The lowest BCUT2D eigenvalue weighted by Crippen LogP contribution is -1.92. The molecule has 5 nitrogen and oxygen atoms in total. The number of carbonyl (C=O) groups is 1. The number of rotatable bonds is 4. The number of allylic oxidation sites excluding steroid dienone is 2. The minimum atomic E-state index is -0.106. The second-order valence-corrected chi connectivity index (χ2v) is 5.29. The molecule has 0 spiro atoms. The molecule has 0 fully saturated rings. The van der Waals surface area contributed by atoms with Crippen LogP contribution in [0.15, 0.2) is 48.6 Å². The van der Waals surface area contributed by atoms with Crippen LogP contribution in [0.25, 0.3) is 12.2 Å². The van der Waals surface area contributed by atoms with Gasteiger partial charge in [0.15, 0.2) is 28.8 Å². The van der Waals surface area contributed by atoms with Crippen LogP contribution < -0.4 is 18.9 Å². The molecular weight excluding hydrogens is 308 g/mol. The fourth-order valence-electron chi connectivity index (χ4n) is 2.45. The maximum Gasteiger partial charge on any atom is 0.231 e. The fraction of sp³-hybridized carbons (Fsp3) is 0.105. The first-order valence-corrected chi connectivity index (χ1v) is 7.47. The van der Waals surface area contributed by atoms with Gasteiger partial charge in [0.05, 0.1) is 0 Å². The van der Waals surface area contributed by atoms with E-state index >= 15 is 0 Å². The summed E-state index contributed by atoms with van der Waals surface area (Å²) in [6.07, 6.45) is 6.52. The zero-order valence-corrected chi connectivity index (χ0v) is 12.7. The summed E-state index contributed by atoms with van der Waals surface area (Å²) in [4.78, 5) is 12.0. The Balaban J connectivity index is 1.42. The van der Waals surface area contributed by atoms with Gasteiger partial charge >= 0.3 is 0 Å². The second kappa shape index (κ2) is 6.12. The molecule has 0 atom stereocenters. The van der Waals surface area contributed by atoms with Gasteiger partial charge in [0.25, 0.3) is 0 Å². The van der Waals surface area contributed by atoms with Gasteiger partial charge in [-0.15, -0.1) is 0 Å². The third kappa shape index (κ3) is 2.96. The van der Waals surface area contributed by atoms with Gasteiger partial charge in [-0.2, -0.15) is 0 Å². The Hall–Kier alpha value is -3.21. The minimum absolute atomic E-state index is 0.106. The van der Waals surface area contributed by atoms with Crippen LogP contribution in [0.1, 0.15) is 11.1 Å². The van der Waals surface area contributed by atoms with Crippen molar-refractivity contribution in [3.05, 3.63) is 59.7 Å². The van der Waals surface area contributed by atoms with E-state index in [1.807, 2.05) is 36.4 Å². The predicted octanol–water partition coefficient (Wildman–Crippen LogP) is 3.44. The Kier molecular flexibility index (Phi) is 3.67. The number of ketones is 1. The first-order valence-electron chi connectivity index (χ1n) is 7.47. The molecule has 0 unspecified atom stereocenters. The average molecular weight is 322 g/mol. The highest BCUT2D eigenvalue weighted by atomic mass is 16.7. The molecule has 5 heteroatoms. The molecule has 2 aliphatic heterocycles. The summed E-state index contributed by atoms with van der Waals surface area (Å²) in [5, 5.41) is 0. The molecule has 2 aromatic carbocycles. The average Bonchev–Trinajstić information content (AvgIpc) is 3.25. The molecule has 24 heavy (non-hydrogen) atoms. The molecular formula is C19H14O5. The van der Waals surface area contributed by atoms with Crippen molar-refractivity contribution in [2.75, 3.05) is 13.6 Å². The van der Waals surface area contributed by atoms with Crippen LogP contribution in [0.3, 0.4) is 0 Å². The third-order valence-corrected chi connectivity index (χ3v) is 3.67. The predicted molar refractivity (Wildman–Crippen MR) is 88.2 cm³/mol. The molecule has 0 N–H and O–H groups in total. The lowest BCUT2D eigenvalue weighted by molar-refractivity contribution is -0.110. The highest BCUT2D eigenvalue weighted by Crippen LogP contribution is 2.33. The van der Waals surface area contributed by atoms with Crippen molar-refractivity contribution in [2.45, 2.75) is 0 Å². The van der Waals surface area contributed by atoms with Crippen molar-refractivity contribution in [1.82, 2.24) is 0 Å². The highest BCUT2D eigenvalue weighted by molar-refractivity contribution is 6.04. The van der Waals surface area contributed by atoms with Gasteiger partial charge < -0.3 is 18.9 Å². The Morgan fingerprint density at radius 1 is 0.708 bits per heavy atom. The van der Waals surface area contributed by atoms with E-state index < -0.39 is 0 Å². The highest BCUT2D eigenvalue weighted by Gasteiger charge is 2.13. The van der Waals surface area contributed by atoms with Gasteiger partial charge in [0.1, 0.15) is 0 Å². The van der Waals surface area contributed by atoms with E-state index in [1.54, 1.807) is 12.2 Å². The second-order valence-electron chi connectivity index (χ2n) is 5.29. The van der Waals surface area contributed by atoms with Crippen LogP contribution in [-0.2, 0) is 4.79 Å². The number of benzene rings is 2. The molecule has 0 aliphatic carbocycles. The number of hydrogen-bond acceptors (Lipinski definition) is 5. The molecule has 0 saturated heterocycles. The van der Waals surface area contributed by atoms with Gasteiger partial charge in [0, 0.05) is 0 Å². The minimum Gasteiger partial charge on any atom is -0.454 e. The van der Waals surface area contributed by atoms with E-state index in [-0.39, 0.29) is 19.4 Å². The van der Waals surface area contributed by atoms with Gasteiger partial charge in [0.2, 0.25) is 13.6 Å². The normalized spacial score (nSPS) is 14.7. The van der Waals surface area contributed by atoms with Crippen molar-refractivity contribution in [2.24, 2.45) is 0 Å². The summed E-state index contributed by atoms with van der Waals surface area (Å²) in [7, 11) is 0. The standard InChI is InChI=1S/C19H14O5/c20-15(5-1-13-3-7-16-18(9-13)23-11-21-16)6-2-14-4-8-17-19(10-14)24-12-22-17/h1-10H,11-12H2/b5-1-,6-2-. The maximum absolute atomic E-state index is 12.0. The Morgan fingerprint density at radius 3 is 1.67 bits per heavy atom. The lowest BCUT2D eigenvalue weighted by Gasteiger charge is -1.97. The zero-order chi connectivity index (χ0) is 16.4. The van der Waals surface area contributed by atoms with E-state index in [0.29, 0.717) is 11.5 Å². The monoisotopic (exact) mass is 322 g/mol. The van der Waals surface area contributed by atoms with Crippen LogP contribution >= 0.6 is 0 Å². The number of ether oxygens (including phenoxy) is 4. The zero-order valence-electron chi connectivity index (χ0n) is 12.7. The molecule has 0 saturated carbocycles. The molecule has 0 bridgehead atoms. The smallest absolute Gasteiger partial charge is 0.231 e. The Morgan fingerprint density at radius 2 is 1.17 bits per heavy atom. The van der Waals surface area contributed by atoms with E-state index in [4.69, 9.17) is 18.9 Å². The molecule has 2 aromatic rings. The molecule has 2 heterocycles. The van der Waals surface area contributed by atoms with Gasteiger partial charge in [-0.05, 0) is 47.5 Å². The molecule has 120 valence electrons. The van der Waals surface area contributed by atoms with Gasteiger partial charge in [-0.3, -0.25) is 4.79 Å². The summed E-state index contributed by atoms with van der Waals surface area (Å²) in [6, 6.07) is 11.1. The summed E-state index contributed by atoms with van der Waals surface area (Å²) >= 11 is 0. The SMILES string of the molecule is O=C(/C=C\c1ccc2c(c1)OCO2)/C=C\c1ccc2c(c1)OCO2. The van der Waals surface area contributed by atoms with Crippen molar-refractivity contribution in [1.29, 1.82) is 0 Å². The molecule has 0 aromatic heterocycles. The fourth-order valence-corrected chi connectivity index (χ4v) is 2.45. The summed E-state index contributed by atoms with van der Waals surface area (Å²) in [6.45, 7) is 0.472. The van der Waals surface area contributed by atoms with Crippen LogP contribution in [0.2, 0.25) is 0 Å². The van der Waals surface area contributed by atoms with E-state index in [2.05, 4.69) is 0 Å². The molecule has 0 radical (unpaired) electrons. The van der Waals surface area contributed by atoms with Crippen LogP contribution in [0, 0.1) is 0 Å². The third-order valence-electron chi connectivity index (χ3n) is 3.67. The summed E-state index contributed by atoms with van der Waals surface area (Å²) in [5.41, 5.74) is 1.76. The van der Waals surface area contributed by atoms with Crippen molar-refractivity contribution in [3.63, 3.8) is 0 Å². The van der Waals surface area contributed by atoms with E-state index in [0.717, 1.165) is 22.6 Å². The molecule has 4 rings (SSSR count). The summed E-state index contributed by atoms with van der Waals surface area (Å²) in [5.74, 6) is 2.73. The topological polar surface area (TPSA) is 54.0 Å². The van der Waals surface area contributed by atoms with Crippen LogP contribution in [-0.4, -0.2) is 19.4 Å².